The van der Waals surface area contributed by atoms with Gasteiger partial charge in [-0.15, -0.1) is 0 Å². The lowest BCUT2D eigenvalue weighted by Crippen LogP contribution is -2.36. The van der Waals surface area contributed by atoms with Gasteiger partial charge in [0.05, 0.1) is 12.1 Å². The normalized spacial score (nSPS) is 10.1. The zero-order valence-electron chi connectivity index (χ0n) is 11.6. The number of hydrogen-bond acceptors (Lipinski definition) is 2. The number of benzene rings is 2. The van der Waals surface area contributed by atoms with E-state index in [9.17, 15) is 14.0 Å². The Morgan fingerprint density at radius 3 is 2.55 bits per heavy atom. The highest BCUT2D eigenvalue weighted by Crippen LogP contribution is 2.10. The molecule has 2 aromatic carbocycles. The van der Waals surface area contributed by atoms with E-state index in [1.165, 1.54) is 18.2 Å². The minimum atomic E-state index is -0.629. The molecule has 6 heteroatoms. The van der Waals surface area contributed by atoms with Crippen LogP contribution >= 0.6 is 11.6 Å². The molecular weight excluding hydrogens is 307 g/mol. The third kappa shape index (κ3) is 4.56. The van der Waals surface area contributed by atoms with Crippen LogP contribution in [0.4, 0.5) is 4.39 Å². The summed E-state index contributed by atoms with van der Waals surface area (Å²) in [6, 6.07) is 12.7. The number of carbonyl (C=O) groups excluding carboxylic acids is 2. The second kappa shape index (κ2) is 7.56. The van der Waals surface area contributed by atoms with Gasteiger partial charge in [0.25, 0.3) is 5.91 Å². The molecule has 0 saturated heterocycles. The molecular formula is C16H14ClFN2O2. The summed E-state index contributed by atoms with van der Waals surface area (Å²) in [5, 5.41) is 5.59. The van der Waals surface area contributed by atoms with Crippen molar-refractivity contribution in [2.75, 3.05) is 6.54 Å². The van der Waals surface area contributed by atoms with Crippen LogP contribution in [0.5, 0.6) is 0 Å². The lowest BCUT2D eigenvalue weighted by atomic mass is 10.2. The summed E-state index contributed by atoms with van der Waals surface area (Å²) in [5.74, 6) is -1.62. The van der Waals surface area contributed by atoms with Gasteiger partial charge in [0.15, 0.2) is 0 Å². The molecule has 0 unspecified atom stereocenters. The zero-order valence-corrected chi connectivity index (χ0v) is 12.4. The van der Waals surface area contributed by atoms with Gasteiger partial charge in [-0.25, -0.2) is 4.39 Å². The molecule has 0 aromatic heterocycles. The Morgan fingerprint density at radius 1 is 1.05 bits per heavy atom. The van der Waals surface area contributed by atoms with Crippen LogP contribution in [0.3, 0.4) is 0 Å². The van der Waals surface area contributed by atoms with E-state index >= 15 is 0 Å². The molecule has 4 nitrogen and oxygen atoms in total. The summed E-state index contributed by atoms with van der Waals surface area (Å²) < 4.78 is 13.4. The van der Waals surface area contributed by atoms with Crippen LogP contribution in [-0.2, 0) is 11.3 Å². The number of hydrogen-bond donors (Lipinski definition) is 2. The van der Waals surface area contributed by atoms with E-state index in [1.54, 1.807) is 24.3 Å². The van der Waals surface area contributed by atoms with Gasteiger partial charge in [0.1, 0.15) is 5.82 Å². The van der Waals surface area contributed by atoms with Gasteiger partial charge in [0, 0.05) is 11.6 Å². The number of carbonyl (C=O) groups is 2. The van der Waals surface area contributed by atoms with Crippen LogP contribution in [-0.4, -0.2) is 18.4 Å². The van der Waals surface area contributed by atoms with Gasteiger partial charge < -0.3 is 10.6 Å². The van der Waals surface area contributed by atoms with Crippen molar-refractivity contribution in [1.29, 1.82) is 0 Å². The Kier molecular flexibility index (Phi) is 5.49. The third-order valence-electron chi connectivity index (χ3n) is 2.91. The topological polar surface area (TPSA) is 58.2 Å². The lowest BCUT2D eigenvalue weighted by molar-refractivity contribution is -0.120. The van der Waals surface area contributed by atoms with Crippen molar-refractivity contribution >= 4 is 23.4 Å². The molecule has 2 rings (SSSR count). The molecule has 0 atom stereocenters. The minimum absolute atomic E-state index is 0.0925. The average molecular weight is 321 g/mol. The van der Waals surface area contributed by atoms with Crippen LogP contribution in [0.1, 0.15) is 15.9 Å². The molecule has 2 aromatic rings. The number of amides is 2. The predicted molar refractivity (Wildman–Crippen MR) is 82.0 cm³/mol. The quantitative estimate of drug-likeness (QED) is 0.889. The first-order valence-corrected chi connectivity index (χ1v) is 6.98. The molecule has 2 amide bonds. The molecule has 0 saturated carbocycles. The summed E-state index contributed by atoms with van der Waals surface area (Å²) in [4.78, 5) is 23.4. The van der Waals surface area contributed by atoms with E-state index in [0.717, 1.165) is 5.56 Å². The second-order valence-corrected chi connectivity index (χ2v) is 5.01. The highest BCUT2D eigenvalue weighted by molar-refractivity contribution is 6.30. The fraction of sp³-hybridized carbons (Fsp3) is 0.125. The second-order valence-electron chi connectivity index (χ2n) is 4.57. The molecule has 0 aliphatic rings. The summed E-state index contributed by atoms with van der Waals surface area (Å²) in [5.41, 5.74) is 0.756. The van der Waals surface area contributed by atoms with Gasteiger partial charge >= 0.3 is 0 Å². The molecule has 2 N–H and O–H groups in total. The van der Waals surface area contributed by atoms with Crippen molar-refractivity contribution in [3.8, 4) is 0 Å². The maximum atomic E-state index is 13.4. The van der Waals surface area contributed by atoms with Crippen molar-refractivity contribution < 1.29 is 14.0 Å². The molecule has 0 bridgehead atoms. The van der Waals surface area contributed by atoms with Crippen LogP contribution in [0.25, 0.3) is 0 Å². The van der Waals surface area contributed by atoms with E-state index in [4.69, 9.17) is 11.6 Å². The van der Waals surface area contributed by atoms with Crippen LogP contribution in [0.15, 0.2) is 48.5 Å². The zero-order chi connectivity index (χ0) is 15.9. The van der Waals surface area contributed by atoms with Crippen molar-refractivity contribution in [3.63, 3.8) is 0 Å². The molecule has 22 heavy (non-hydrogen) atoms. The number of rotatable bonds is 5. The number of nitrogens with one attached hydrogen (secondary N) is 2. The molecule has 114 valence electrons. The molecule has 0 aliphatic heterocycles. The predicted octanol–water partition coefficient (Wildman–Crippen LogP) is 2.53. The lowest BCUT2D eigenvalue weighted by Gasteiger charge is -2.08. The maximum absolute atomic E-state index is 13.4. The molecule has 0 aliphatic carbocycles. The van der Waals surface area contributed by atoms with E-state index < -0.39 is 11.7 Å². The molecule has 0 radical (unpaired) electrons. The summed E-state index contributed by atoms with van der Waals surface area (Å²) in [6.07, 6.45) is 0. The largest absolute Gasteiger partial charge is 0.350 e. The van der Waals surface area contributed by atoms with Gasteiger partial charge in [-0.1, -0.05) is 35.9 Å². The maximum Gasteiger partial charge on any atom is 0.254 e. The van der Waals surface area contributed by atoms with Crippen molar-refractivity contribution in [2.24, 2.45) is 0 Å². The first-order chi connectivity index (χ1) is 10.6. The monoisotopic (exact) mass is 320 g/mol. The fourth-order valence-corrected chi connectivity index (χ4v) is 2.02. The first-order valence-electron chi connectivity index (χ1n) is 6.60. The fourth-order valence-electron chi connectivity index (χ4n) is 1.81. The van der Waals surface area contributed by atoms with Crippen LogP contribution in [0.2, 0.25) is 5.02 Å². The molecule has 0 spiro atoms. The SMILES string of the molecule is O=C(CNC(=O)c1ccccc1F)NCc1cccc(Cl)c1. The van der Waals surface area contributed by atoms with E-state index in [1.807, 2.05) is 6.07 Å². The Balaban J connectivity index is 1.81. The van der Waals surface area contributed by atoms with Crippen molar-refractivity contribution in [2.45, 2.75) is 6.54 Å². The van der Waals surface area contributed by atoms with Gasteiger partial charge in [0.2, 0.25) is 5.91 Å². The van der Waals surface area contributed by atoms with Gasteiger partial charge in [-0.2, -0.15) is 0 Å². The smallest absolute Gasteiger partial charge is 0.254 e. The average Bonchev–Trinajstić information content (AvgIpc) is 2.51. The van der Waals surface area contributed by atoms with Crippen LogP contribution in [0, 0.1) is 5.82 Å². The van der Waals surface area contributed by atoms with Crippen LogP contribution < -0.4 is 10.6 Å². The van der Waals surface area contributed by atoms with Crippen molar-refractivity contribution in [3.05, 3.63) is 70.5 Å². The van der Waals surface area contributed by atoms with E-state index in [-0.39, 0.29) is 18.0 Å². The molecule has 0 heterocycles. The van der Waals surface area contributed by atoms with Gasteiger partial charge in [-0.05, 0) is 29.8 Å². The van der Waals surface area contributed by atoms with Gasteiger partial charge in [-0.3, -0.25) is 9.59 Å². The van der Waals surface area contributed by atoms with Crippen molar-refractivity contribution in [1.82, 2.24) is 10.6 Å². The minimum Gasteiger partial charge on any atom is -0.350 e. The Morgan fingerprint density at radius 2 is 1.82 bits per heavy atom. The Labute approximate surface area is 132 Å². The number of halogens is 2. The third-order valence-corrected chi connectivity index (χ3v) is 3.14. The summed E-state index contributed by atoms with van der Waals surface area (Å²) >= 11 is 5.84. The standard InChI is InChI=1S/C16H14ClFN2O2/c17-12-5-3-4-11(8-12)9-19-15(21)10-20-16(22)13-6-1-2-7-14(13)18/h1-8H,9-10H2,(H,19,21)(H,20,22). The molecule has 0 fully saturated rings. The summed E-state index contributed by atoms with van der Waals surface area (Å²) in [7, 11) is 0. The first kappa shape index (κ1) is 16.0. The Hall–Kier alpha value is -2.40. The van der Waals surface area contributed by atoms with E-state index in [0.29, 0.717) is 11.6 Å². The summed E-state index contributed by atoms with van der Waals surface area (Å²) in [6.45, 7) is 0.0721. The Bertz CT molecular complexity index is 691. The highest BCUT2D eigenvalue weighted by Gasteiger charge is 2.11. The van der Waals surface area contributed by atoms with E-state index in [2.05, 4.69) is 10.6 Å². The highest BCUT2D eigenvalue weighted by atomic mass is 35.5.